The van der Waals surface area contributed by atoms with E-state index >= 15 is 0 Å². The molecule has 0 spiro atoms. The third-order valence-corrected chi connectivity index (χ3v) is 3.74. The van der Waals surface area contributed by atoms with E-state index < -0.39 is 0 Å². The fraction of sp³-hybridized carbons (Fsp3) is 0.400. The third-order valence-electron chi connectivity index (χ3n) is 2.72. The molecular weight excluding hydrogens is 262 g/mol. The molecule has 0 radical (unpaired) electrons. The lowest BCUT2D eigenvalue weighted by atomic mass is 10.3. The van der Waals surface area contributed by atoms with E-state index in [9.17, 15) is 4.79 Å². The number of hydrogen-bond donors (Lipinski definition) is 0. The first kappa shape index (κ1) is 11.0. The van der Waals surface area contributed by atoms with E-state index in [1.165, 1.54) is 11.3 Å². The van der Waals surface area contributed by atoms with Gasteiger partial charge in [-0.15, -0.1) is 11.3 Å². The zero-order valence-corrected chi connectivity index (χ0v) is 10.5. The van der Waals surface area contributed by atoms with Gasteiger partial charge in [-0.3, -0.25) is 9.20 Å². The zero-order chi connectivity index (χ0) is 11.8. The highest BCUT2D eigenvalue weighted by atomic mass is 35.5. The fourth-order valence-electron chi connectivity index (χ4n) is 1.87. The van der Waals surface area contributed by atoms with E-state index in [2.05, 4.69) is 4.98 Å². The summed E-state index contributed by atoms with van der Waals surface area (Å²) in [5.41, 5.74) is 0.449. The molecule has 7 heteroatoms. The number of carbonyl (C=O) groups is 1. The van der Waals surface area contributed by atoms with Gasteiger partial charge >= 0.3 is 0 Å². The second-order valence-electron chi connectivity index (χ2n) is 3.71. The molecule has 0 atom stereocenters. The van der Waals surface area contributed by atoms with Gasteiger partial charge in [0.2, 0.25) is 0 Å². The van der Waals surface area contributed by atoms with Crippen molar-refractivity contribution in [2.75, 3.05) is 26.3 Å². The molecule has 1 fully saturated rings. The number of fused-ring (bicyclic) bond motifs is 1. The van der Waals surface area contributed by atoms with Gasteiger partial charge in [-0.25, -0.2) is 4.98 Å². The maximum absolute atomic E-state index is 12.3. The number of thiazole rings is 1. The maximum atomic E-state index is 12.3. The molecular formula is C10H10ClN3O2S. The lowest BCUT2D eigenvalue weighted by molar-refractivity contribution is 0.0298. The van der Waals surface area contributed by atoms with Gasteiger partial charge < -0.3 is 9.64 Å². The summed E-state index contributed by atoms with van der Waals surface area (Å²) >= 11 is 7.48. The Morgan fingerprint density at radius 1 is 1.47 bits per heavy atom. The second kappa shape index (κ2) is 4.29. The third kappa shape index (κ3) is 1.82. The molecule has 1 amide bonds. The minimum absolute atomic E-state index is 0.0794. The first-order valence-electron chi connectivity index (χ1n) is 5.25. The molecule has 2 aromatic heterocycles. The molecule has 0 unspecified atom stereocenters. The van der Waals surface area contributed by atoms with Crippen molar-refractivity contribution in [2.24, 2.45) is 0 Å². The Hall–Kier alpha value is -1.11. The highest BCUT2D eigenvalue weighted by Gasteiger charge is 2.25. The first-order valence-corrected chi connectivity index (χ1v) is 6.51. The van der Waals surface area contributed by atoms with Crippen molar-refractivity contribution in [1.29, 1.82) is 0 Å². The summed E-state index contributed by atoms with van der Waals surface area (Å²) < 4.78 is 6.96. The van der Waals surface area contributed by atoms with Crippen molar-refractivity contribution < 1.29 is 9.53 Å². The lowest BCUT2D eigenvalue weighted by Gasteiger charge is -2.26. The van der Waals surface area contributed by atoms with Gasteiger partial charge in [-0.2, -0.15) is 0 Å². The van der Waals surface area contributed by atoms with E-state index in [0.717, 1.165) is 4.96 Å². The van der Waals surface area contributed by atoms with Crippen LogP contribution in [0.15, 0.2) is 11.6 Å². The monoisotopic (exact) mass is 271 g/mol. The van der Waals surface area contributed by atoms with E-state index in [0.29, 0.717) is 32.0 Å². The number of amides is 1. The first-order chi connectivity index (χ1) is 8.27. The van der Waals surface area contributed by atoms with Gasteiger partial charge in [-0.05, 0) is 0 Å². The summed E-state index contributed by atoms with van der Waals surface area (Å²) in [6, 6.07) is 0. The van der Waals surface area contributed by atoms with Crippen LogP contribution >= 0.6 is 22.9 Å². The average molecular weight is 272 g/mol. The number of carbonyl (C=O) groups excluding carboxylic acids is 1. The molecule has 0 aliphatic carbocycles. The smallest absolute Gasteiger partial charge is 0.274 e. The van der Waals surface area contributed by atoms with Crippen LogP contribution in [-0.4, -0.2) is 46.5 Å². The van der Waals surface area contributed by atoms with Crippen LogP contribution in [0.2, 0.25) is 5.15 Å². The van der Waals surface area contributed by atoms with E-state index in [1.54, 1.807) is 9.30 Å². The molecule has 1 aliphatic rings. The predicted octanol–water partition coefficient (Wildman–Crippen LogP) is 1.52. The van der Waals surface area contributed by atoms with Gasteiger partial charge in [0, 0.05) is 24.7 Å². The van der Waals surface area contributed by atoms with Crippen molar-refractivity contribution in [3.05, 3.63) is 22.4 Å². The van der Waals surface area contributed by atoms with Crippen LogP contribution in [0.4, 0.5) is 0 Å². The Bertz CT molecular complexity index is 559. The summed E-state index contributed by atoms with van der Waals surface area (Å²) in [6.45, 7) is 2.36. The molecule has 90 valence electrons. The molecule has 3 heterocycles. The van der Waals surface area contributed by atoms with E-state index in [-0.39, 0.29) is 11.1 Å². The number of halogens is 1. The second-order valence-corrected chi connectivity index (χ2v) is 4.94. The number of hydrogen-bond acceptors (Lipinski definition) is 4. The maximum Gasteiger partial charge on any atom is 0.274 e. The van der Waals surface area contributed by atoms with Gasteiger partial charge in [0.05, 0.1) is 13.2 Å². The summed E-state index contributed by atoms with van der Waals surface area (Å²) in [4.78, 5) is 19.0. The predicted molar refractivity (Wildman–Crippen MR) is 64.8 cm³/mol. The Morgan fingerprint density at radius 2 is 2.24 bits per heavy atom. The van der Waals surface area contributed by atoms with Crippen molar-refractivity contribution in [3.8, 4) is 0 Å². The van der Waals surface area contributed by atoms with Crippen LogP contribution in [-0.2, 0) is 4.74 Å². The number of rotatable bonds is 1. The summed E-state index contributed by atoms with van der Waals surface area (Å²) in [5, 5.41) is 2.16. The highest BCUT2D eigenvalue weighted by molar-refractivity contribution is 7.15. The number of imidazole rings is 1. The van der Waals surface area contributed by atoms with Gasteiger partial charge in [0.15, 0.2) is 15.8 Å². The van der Waals surface area contributed by atoms with Gasteiger partial charge in [0.1, 0.15) is 0 Å². The van der Waals surface area contributed by atoms with Crippen molar-refractivity contribution in [2.45, 2.75) is 0 Å². The Balaban J connectivity index is 1.99. The Morgan fingerprint density at radius 3 is 3.00 bits per heavy atom. The van der Waals surface area contributed by atoms with Crippen molar-refractivity contribution in [1.82, 2.24) is 14.3 Å². The number of nitrogens with zero attached hydrogens (tertiary/aromatic N) is 3. The lowest BCUT2D eigenvalue weighted by Crippen LogP contribution is -2.41. The summed E-state index contributed by atoms with van der Waals surface area (Å²) in [6.07, 6.45) is 1.81. The molecule has 1 aliphatic heterocycles. The van der Waals surface area contributed by atoms with Gasteiger partial charge in [-0.1, -0.05) is 11.6 Å². The fourth-order valence-corrected chi connectivity index (χ4v) is 2.88. The quantitative estimate of drug-likeness (QED) is 0.790. The Labute approximate surface area is 107 Å². The molecule has 0 aromatic carbocycles. The molecule has 3 rings (SSSR count). The van der Waals surface area contributed by atoms with E-state index in [4.69, 9.17) is 16.3 Å². The minimum atomic E-state index is -0.0794. The largest absolute Gasteiger partial charge is 0.378 e. The van der Waals surface area contributed by atoms with Crippen LogP contribution in [0.5, 0.6) is 0 Å². The summed E-state index contributed by atoms with van der Waals surface area (Å²) in [7, 11) is 0. The summed E-state index contributed by atoms with van der Waals surface area (Å²) in [5.74, 6) is -0.0794. The number of ether oxygens (including phenoxy) is 1. The van der Waals surface area contributed by atoms with Gasteiger partial charge in [0.25, 0.3) is 5.91 Å². The molecule has 5 nitrogen and oxygen atoms in total. The molecule has 0 bridgehead atoms. The minimum Gasteiger partial charge on any atom is -0.378 e. The standard InChI is InChI=1S/C10H10ClN3O2S/c11-8-7(14-3-6-17-10(14)12-8)9(15)13-1-4-16-5-2-13/h3,6H,1-2,4-5H2. The zero-order valence-electron chi connectivity index (χ0n) is 8.93. The van der Waals surface area contributed by atoms with E-state index in [1.807, 2.05) is 11.6 Å². The highest BCUT2D eigenvalue weighted by Crippen LogP contribution is 2.22. The molecule has 0 saturated carbocycles. The van der Waals surface area contributed by atoms with Crippen LogP contribution in [0.3, 0.4) is 0 Å². The number of morpholine rings is 1. The van der Waals surface area contributed by atoms with Crippen molar-refractivity contribution >= 4 is 33.8 Å². The Kier molecular flexibility index (Phi) is 2.78. The van der Waals surface area contributed by atoms with Crippen LogP contribution in [0.25, 0.3) is 4.96 Å². The molecule has 2 aromatic rings. The topological polar surface area (TPSA) is 46.8 Å². The molecule has 0 N–H and O–H groups in total. The average Bonchev–Trinajstić information content (AvgIpc) is 2.89. The van der Waals surface area contributed by atoms with Crippen molar-refractivity contribution in [3.63, 3.8) is 0 Å². The molecule has 17 heavy (non-hydrogen) atoms. The molecule has 1 saturated heterocycles. The number of aromatic nitrogens is 2. The van der Waals surface area contributed by atoms with Crippen LogP contribution in [0.1, 0.15) is 10.5 Å². The van der Waals surface area contributed by atoms with Crippen LogP contribution < -0.4 is 0 Å². The SMILES string of the molecule is O=C(c1c(Cl)nc2sccn12)N1CCOCC1. The van der Waals surface area contributed by atoms with Crippen LogP contribution in [0, 0.1) is 0 Å². The normalized spacial score (nSPS) is 16.6.